The number of likely N-dealkylation sites (tertiary alicyclic amines) is 1. The monoisotopic (exact) mass is 361 g/mol. The summed E-state index contributed by atoms with van der Waals surface area (Å²) >= 11 is 0. The van der Waals surface area contributed by atoms with E-state index in [4.69, 9.17) is 0 Å². The molecule has 144 valence electrons. The minimum Gasteiger partial charge on any atom is -0.507 e. The topological polar surface area (TPSA) is 76.0 Å². The molecule has 6 nitrogen and oxygen atoms in total. The summed E-state index contributed by atoms with van der Waals surface area (Å²) in [4.78, 5) is 17.1. The first-order valence-corrected chi connectivity index (χ1v) is 9.86. The molecule has 1 aliphatic carbocycles. The third kappa shape index (κ3) is 3.81. The molecule has 6 heteroatoms. The highest BCUT2D eigenvalue weighted by molar-refractivity contribution is 5.97. The average molecular weight is 361 g/mol. The van der Waals surface area contributed by atoms with Crippen LogP contribution in [0.3, 0.4) is 0 Å². The summed E-state index contributed by atoms with van der Waals surface area (Å²) in [6.45, 7) is 7.87. The van der Waals surface area contributed by atoms with Crippen LogP contribution in [0.5, 0.6) is 5.75 Å². The zero-order chi connectivity index (χ0) is 18.7. The number of phenolic OH excluding ortho intramolecular Hbond substituents is 1. The maximum Gasteiger partial charge on any atom is 0.255 e. The van der Waals surface area contributed by atoms with E-state index in [1.54, 1.807) is 12.1 Å². The van der Waals surface area contributed by atoms with Gasteiger partial charge in [0.25, 0.3) is 5.91 Å². The molecular weight excluding hydrogens is 330 g/mol. The first-order chi connectivity index (χ1) is 12.5. The number of amides is 1. The van der Waals surface area contributed by atoms with Gasteiger partial charge in [0.2, 0.25) is 0 Å². The van der Waals surface area contributed by atoms with Gasteiger partial charge in [-0.15, -0.1) is 0 Å². The van der Waals surface area contributed by atoms with Crippen LogP contribution in [0.2, 0.25) is 0 Å². The van der Waals surface area contributed by atoms with Crippen molar-refractivity contribution in [2.45, 2.75) is 57.7 Å². The van der Waals surface area contributed by atoms with Crippen molar-refractivity contribution < 1.29 is 15.0 Å². The highest BCUT2D eigenvalue weighted by atomic mass is 16.3. The van der Waals surface area contributed by atoms with Gasteiger partial charge in [-0.1, -0.05) is 0 Å². The van der Waals surface area contributed by atoms with Gasteiger partial charge in [-0.2, -0.15) is 0 Å². The van der Waals surface area contributed by atoms with E-state index in [9.17, 15) is 15.0 Å². The van der Waals surface area contributed by atoms with Crippen LogP contribution in [0.4, 0.5) is 5.69 Å². The van der Waals surface area contributed by atoms with Gasteiger partial charge in [0.1, 0.15) is 5.75 Å². The van der Waals surface area contributed by atoms with E-state index in [1.807, 2.05) is 6.07 Å². The van der Waals surface area contributed by atoms with E-state index in [-0.39, 0.29) is 29.3 Å². The lowest BCUT2D eigenvalue weighted by Gasteiger charge is -2.28. The van der Waals surface area contributed by atoms with Crippen LogP contribution in [0.1, 0.15) is 49.9 Å². The van der Waals surface area contributed by atoms with Crippen LogP contribution in [-0.2, 0) is 0 Å². The molecule has 1 saturated carbocycles. The van der Waals surface area contributed by atoms with Crippen molar-refractivity contribution in [1.29, 1.82) is 0 Å². The van der Waals surface area contributed by atoms with Crippen LogP contribution < -0.4 is 10.2 Å². The van der Waals surface area contributed by atoms with Gasteiger partial charge in [0, 0.05) is 30.9 Å². The third-order valence-electron chi connectivity index (χ3n) is 5.86. The smallest absolute Gasteiger partial charge is 0.255 e. The molecule has 3 N–H and O–H groups in total. The Bertz CT molecular complexity index is 627. The number of hydrogen-bond acceptors (Lipinski definition) is 5. The van der Waals surface area contributed by atoms with Gasteiger partial charge in [0.05, 0.1) is 17.7 Å². The number of phenols is 1. The maximum atomic E-state index is 12.6. The summed E-state index contributed by atoms with van der Waals surface area (Å²) in [6, 6.07) is 5.05. The molecule has 3 atom stereocenters. The fourth-order valence-corrected chi connectivity index (χ4v) is 4.33. The fraction of sp³-hybridized carbons (Fsp3) is 0.650. The van der Waals surface area contributed by atoms with Gasteiger partial charge in [0.15, 0.2) is 0 Å². The number of carbonyl (C=O) groups excluding carboxylic acids is 1. The van der Waals surface area contributed by atoms with Gasteiger partial charge >= 0.3 is 0 Å². The summed E-state index contributed by atoms with van der Waals surface area (Å²) in [5.74, 6) is -0.338. The lowest BCUT2D eigenvalue weighted by molar-refractivity contribution is 0.0618. The summed E-state index contributed by atoms with van der Waals surface area (Å²) in [6.07, 6.45) is 3.50. The van der Waals surface area contributed by atoms with Crippen LogP contribution in [-0.4, -0.2) is 65.4 Å². The first kappa shape index (κ1) is 19.0. The van der Waals surface area contributed by atoms with E-state index in [0.717, 1.165) is 44.7 Å². The third-order valence-corrected chi connectivity index (χ3v) is 5.86. The van der Waals surface area contributed by atoms with Gasteiger partial charge in [-0.3, -0.25) is 9.69 Å². The van der Waals surface area contributed by atoms with Crippen LogP contribution in [0.15, 0.2) is 18.2 Å². The molecular formula is C20H31N3O3. The lowest BCUT2D eigenvalue weighted by atomic mass is 10.1. The minimum absolute atomic E-state index is 0.0181. The number of anilines is 1. The highest BCUT2D eigenvalue weighted by Crippen LogP contribution is 2.29. The molecule has 1 aromatic rings. The zero-order valence-electron chi connectivity index (χ0n) is 15.8. The van der Waals surface area contributed by atoms with Crippen LogP contribution >= 0.6 is 0 Å². The molecule has 26 heavy (non-hydrogen) atoms. The van der Waals surface area contributed by atoms with Crippen molar-refractivity contribution >= 4 is 11.6 Å². The SMILES string of the molecule is CCN(CC)c1ccc(C(=O)N[C@@H]2CC[C@@H](N3CCCC3)[C@@H]2O)c(O)c1. The number of aliphatic hydroxyl groups is 1. The Balaban J connectivity index is 1.64. The molecule has 0 aromatic heterocycles. The first-order valence-electron chi connectivity index (χ1n) is 9.86. The van der Waals surface area contributed by atoms with E-state index < -0.39 is 6.10 Å². The molecule has 1 aromatic carbocycles. The number of aromatic hydroxyl groups is 1. The molecule has 2 aliphatic rings. The molecule has 1 saturated heterocycles. The number of rotatable bonds is 6. The summed E-state index contributed by atoms with van der Waals surface area (Å²) < 4.78 is 0. The van der Waals surface area contributed by atoms with Crippen molar-refractivity contribution in [3.63, 3.8) is 0 Å². The van der Waals surface area contributed by atoms with Crippen molar-refractivity contribution in [1.82, 2.24) is 10.2 Å². The Kier molecular flexibility index (Phi) is 6.04. The molecule has 0 bridgehead atoms. The van der Waals surface area contributed by atoms with E-state index in [2.05, 4.69) is 29.0 Å². The van der Waals surface area contributed by atoms with Crippen molar-refractivity contribution in [2.75, 3.05) is 31.1 Å². The number of aliphatic hydroxyl groups excluding tert-OH is 1. The number of hydrogen-bond donors (Lipinski definition) is 3. The maximum absolute atomic E-state index is 12.6. The average Bonchev–Trinajstić information content (AvgIpc) is 3.27. The van der Waals surface area contributed by atoms with Gasteiger partial charge < -0.3 is 20.4 Å². The van der Waals surface area contributed by atoms with Crippen molar-refractivity contribution in [3.05, 3.63) is 23.8 Å². The Morgan fingerprint density at radius 3 is 2.54 bits per heavy atom. The van der Waals surface area contributed by atoms with Crippen LogP contribution in [0.25, 0.3) is 0 Å². The number of nitrogens with zero attached hydrogens (tertiary/aromatic N) is 2. The number of nitrogens with one attached hydrogen (secondary N) is 1. The molecule has 1 amide bonds. The van der Waals surface area contributed by atoms with Crippen LogP contribution in [0, 0.1) is 0 Å². The van der Waals surface area contributed by atoms with E-state index in [1.165, 1.54) is 12.8 Å². The fourth-order valence-electron chi connectivity index (χ4n) is 4.33. The molecule has 0 unspecified atom stereocenters. The van der Waals surface area contributed by atoms with Crippen molar-refractivity contribution in [2.24, 2.45) is 0 Å². The highest BCUT2D eigenvalue weighted by Gasteiger charge is 2.39. The predicted octanol–water partition coefficient (Wildman–Crippen LogP) is 1.96. The normalized spacial score (nSPS) is 26.2. The van der Waals surface area contributed by atoms with Gasteiger partial charge in [-0.25, -0.2) is 0 Å². The minimum atomic E-state index is -0.547. The quantitative estimate of drug-likeness (QED) is 0.722. The summed E-state index contributed by atoms with van der Waals surface area (Å²) in [7, 11) is 0. The molecule has 3 rings (SSSR count). The second kappa shape index (κ2) is 8.27. The summed E-state index contributed by atoms with van der Waals surface area (Å²) in [5.41, 5.74) is 1.16. The molecule has 1 aliphatic heterocycles. The molecule has 0 radical (unpaired) electrons. The van der Waals surface area contributed by atoms with Crippen molar-refractivity contribution in [3.8, 4) is 5.75 Å². The second-order valence-electron chi connectivity index (χ2n) is 7.33. The number of carbonyl (C=O) groups is 1. The molecule has 2 fully saturated rings. The zero-order valence-corrected chi connectivity index (χ0v) is 15.8. The van der Waals surface area contributed by atoms with E-state index >= 15 is 0 Å². The summed E-state index contributed by atoms with van der Waals surface area (Å²) in [5, 5.41) is 23.9. The number of benzene rings is 1. The molecule has 0 spiro atoms. The Morgan fingerprint density at radius 2 is 1.92 bits per heavy atom. The predicted molar refractivity (Wildman–Crippen MR) is 103 cm³/mol. The Morgan fingerprint density at radius 1 is 1.23 bits per heavy atom. The molecule has 1 heterocycles. The Hall–Kier alpha value is -1.79. The lowest BCUT2D eigenvalue weighted by Crippen LogP contribution is -2.47. The standard InChI is InChI=1S/C20H31N3O3/c1-3-22(4-2)14-7-8-15(18(24)13-14)20(26)21-16-9-10-17(19(16)25)23-11-5-6-12-23/h7-8,13,16-17,19,24-25H,3-6,9-12H2,1-2H3,(H,21,26)/t16-,17-,19-/m1/s1. The largest absolute Gasteiger partial charge is 0.507 e. The van der Waals surface area contributed by atoms with E-state index in [0.29, 0.717) is 0 Å². The second-order valence-corrected chi connectivity index (χ2v) is 7.33. The van der Waals surface area contributed by atoms with Gasteiger partial charge in [-0.05, 0) is 64.8 Å². The Labute approximate surface area is 155 Å².